The molecule has 35 heavy (non-hydrogen) atoms. The highest BCUT2D eigenvalue weighted by Crippen LogP contribution is 2.43. The molecule has 0 bridgehead atoms. The molecule has 1 aliphatic carbocycles. The van der Waals surface area contributed by atoms with Gasteiger partial charge in [0.05, 0.1) is 25.5 Å². The summed E-state index contributed by atoms with van der Waals surface area (Å²) in [6.07, 6.45) is 2.76. The average molecular weight is 489 g/mol. The van der Waals surface area contributed by atoms with Crippen LogP contribution >= 0.6 is 0 Å². The van der Waals surface area contributed by atoms with Crippen LogP contribution in [0.3, 0.4) is 0 Å². The molecule has 1 aromatic rings. The first-order chi connectivity index (χ1) is 16.3. The molecule has 5 amide bonds. The van der Waals surface area contributed by atoms with E-state index in [-0.39, 0.29) is 28.5 Å². The summed E-state index contributed by atoms with van der Waals surface area (Å²) in [5.41, 5.74) is -0.434. The Labute approximate surface area is 206 Å². The van der Waals surface area contributed by atoms with Gasteiger partial charge in [0, 0.05) is 20.2 Å². The Hall–Kier alpha value is -3.30. The lowest BCUT2D eigenvalue weighted by Crippen LogP contribution is -2.51. The van der Waals surface area contributed by atoms with Crippen LogP contribution in [0.5, 0.6) is 11.5 Å². The van der Waals surface area contributed by atoms with Gasteiger partial charge in [-0.1, -0.05) is 20.8 Å². The van der Waals surface area contributed by atoms with E-state index in [2.05, 4.69) is 31.4 Å². The van der Waals surface area contributed by atoms with Crippen LogP contribution in [0.1, 0.15) is 56.8 Å². The smallest absolute Gasteiger partial charge is 0.325 e. The maximum Gasteiger partial charge on any atom is 0.325 e. The van der Waals surface area contributed by atoms with Crippen LogP contribution in [-0.4, -0.2) is 74.0 Å². The lowest BCUT2D eigenvalue weighted by atomic mass is 9.67. The second-order valence-corrected chi connectivity index (χ2v) is 10.5. The molecule has 1 spiro atoms. The Morgan fingerprint density at radius 2 is 1.69 bits per heavy atom. The first kappa shape index (κ1) is 26.3. The van der Waals surface area contributed by atoms with Gasteiger partial charge in [-0.15, -0.1) is 0 Å². The van der Waals surface area contributed by atoms with Gasteiger partial charge in [-0.25, -0.2) is 4.79 Å². The first-order valence-corrected chi connectivity index (χ1v) is 11.7. The van der Waals surface area contributed by atoms with Crippen LogP contribution in [0.2, 0.25) is 0 Å². The summed E-state index contributed by atoms with van der Waals surface area (Å²) in [6, 6.07) is 2.39. The van der Waals surface area contributed by atoms with E-state index in [1.807, 2.05) is 0 Å². The number of carbonyl (C=O) groups excluding carboxylic acids is 4. The van der Waals surface area contributed by atoms with Crippen LogP contribution in [0.15, 0.2) is 12.1 Å². The fourth-order valence-corrected chi connectivity index (χ4v) is 4.87. The highest BCUT2D eigenvalue weighted by Gasteiger charge is 2.53. The highest BCUT2D eigenvalue weighted by molar-refractivity contribution is 6.11. The van der Waals surface area contributed by atoms with Gasteiger partial charge in [-0.05, 0) is 43.1 Å². The molecule has 0 atom stereocenters. The minimum Gasteiger partial charge on any atom is -0.493 e. The van der Waals surface area contributed by atoms with E-state index < -0.39 is 24.0 Å². The molecule has 10 nitrogen and oxygen atoms in total. The molecular formula is C25H36N4O6. The second kappa shape index (κ2) is 9.75. The standard InChI is InChI=1S/C25H36N4O6/c1-24(2,3)15-8-10-25(11-9-15)22(32)29(23(33)27-25)14-20(30)26-17-13-19(35-7)18(34-6)12-16(17)21(31)28(4)5/h12-13,15H,8-11,14H2,1-7H3,(H,26,30)(H,27,33). The Morgan fingerprint density at radius 1 is 1.11 bits per heavy atom. The van der Waals surface area contributed by atoms with Gasteiger partial charge < -0.3 is 25.0 Å². The molecule has 192 valence electrons. The van der Waals surface area contributed by atoms with Crippen molar-refractivity contribution in [2.75, 3.05) is 40.2 Å². The molecule has 0 aromatic heterocycles. The van der Waals surface area contributed by atoms with Crippen LogP contribution < -0.4 is 20.1 Å². The van der Waals surface area contributed by atoms with Crippen molar-refractivity contribution < 1.29 is 28.7 Å². The molecule has 2 aliphatic rings. The van der Waals surface area contributed by atoms with Gasteiger partial charge in [-0.2, -0.15) is 0 Å². The van der Waals surface area contributed by atoms with E-state index in [1.54, 1.807) is 14.1 Å². The number of amides is 5. The molecule has 1 saturated heterocycles. The van der Waals surface area contributed by atoms with Crippen molar-refractivity contribution in [3.8, 4) is 11.5 Å². The number of hydrogen-bond acceptors (Lipinski definition) is 6. The lowest BCUT2D eigenvalue weighted by molar-refractivity contribution is -0.135. The van der Waals surface area contributed by atoms with Crippen molar-refractivity contribution in [1.82, 2.24) is 15.1 Å². The van der Waals surface area contributed by atoms with Gasteiger partial charge in [0.1, 0.15) is 12.1 Å². The van der Waals surface area contributed by atoms with Gasteiger partial charge >= 0.3 is 6.03 Å². The van der Waals surface area contributed by atoms with Gasteiger partial charge in [0.25, 0.3) is 11.8 Å². The van der Waals surface area contributed by atoms with Crippen LogP contribution in [0.4, 0.5) is 10.5 Å². The van der Waals surface area contributed by atoms with E-state index in [0.717, 1.165) is 17.7 Å². The number of rotatable bonds is 6. The van der Waals surface area contributed by atoms with Gasteiger partial charge in [0.15, 0.2) is 11.5 Å². The van der Waals surface area contributed by atoms with E-state index in [0.29, 0.717) is 30.3 Å². The Morgan fingerprint density at radius 3 is 2.20 bits per heavy atom. The summed E-state index contributed by atoms with van der Waals surface area (Å²) in [4.78, 5) is 53.9. The fraction of sp³-hybridized carbons (Fsp3) is 0.600. The third-order valence-corrected chi connectivity index (χ3v) is 7.05. The normalized spacial score (nSPS) is 22.1. The number of methoxy groups -OCH3 is 2. The van der Waals surface area contributed by atoms with Crippen molar-refractivity contribution in [3.63, 3.8) is 0 Å². The van der Waals surface area contributed by atoms with Crippen molar-refractivity contribution in [2.45, 2.75) is 52.0 Å². The van der Waals surface area contributed by atoms with Crippen LogP contribution in [-0.2, 0) is 9.59 Å². The van der Waals surface area contributed by atoms with Crippen LogP contribution in [0, 0.1) is 11.3 Å². The van der Waals surface area contributed by atoms with E-state index >= 15 is 0 Å². The number of anilines is 1. The van der Waals surface area contributed by atoms with Crippen LogP contribution in [0.25, 0.3) is 0 Å². The molecule has 1 saturated carbocycles. The number of nitrogens with one attached hydrogen (secondary N) is 2. The highest BCUT2D eigenvalue weighted by atomic mass is 16.5. The minimum absolute atomic E-state index is 0.133. The summed E-state index contributed by atoms with van der Waals surface area (Å²) in [7, 11) is 6.07. The molecular weight excluding hydrogens is 452 g/mol. The third-order valence-electron chi connectivity index (χ3n) is 7.05. The quantitative estimate of drug-likeness (QED) is 0.595. The van der Waals surface area contributed by atoms with E-state index in [1.165, 1.54) is 31.3 Å². The SMILES string of the molecule is COc1cc(NC(=O)CN2C(=O)NC3(CCC(C(C)(C)C)CC3)C2=O)c(C(=O)N(C)C)cc1OC. The largest absolute Gasteiger partial charge is 0.493 e. The van der Waals surface area contributed by atoms with E-state index in [4.69, 9.17) is 9.47 Å². The Balaban J connectivity index is 1.77. The molecule has 0 unspecified atom stereocenters. The monoisotopic (exact) mass is 488 g/mol. The summed E-state index contributed by atoms with van der Waals surface area (Å²) in [5.74, 6) is -0.213. The average Bonchev–Trinajstić information content (AvgIpc) is 3.01. The van der Waals surface area contributed by atoms with Gasteiger partial charge in [0.2, 0.25) is 5.91 Å². The number of urea groups is 1. The second-order valence-electron chi connectivity index (χ2n) is 10.5. The number of ether oxygens (including phenoxy) is 2. The summed E-state index contributed by atoms with van der Waals surface area (Å²) < 4.78 is 10.6. The third kappa shape index (κ3) is 5.21. The van der Waals surface area contributed by atoms with Crippen molar-refractivity contribution in [2.24, 2.45) is 11.3 Å². The predicted molar refractivity (Wildman–Crippen MR) is 131 cm³/mol. The molecule has 0 radical (unpaired) electrons. The maximum atomic E-state index is 13.3. The number of benzene rings is 1. The number of imide groups is 1. The molecule has 10 heteroatoms. The van der Waals surface area contributed by atoms with Crippen molar-refractivity contribution >= 4 is 29.4 Å². The number of carbonyl (C=O) groups is 4. The topological polar surface area (TPSA) is 117 Å². The summed E-state index contributed by atoms with van der Waals surface area (Å²) in [6.45, 7) is 6.10. The minimum atomic E-state index is -0.950. The zero-order valence-electron chi connectivity index (χ0n) is 21.6. The fourth-order valence-electron chi connectivity index (χ4n) is 4.87. The Bertz CT molecular complexity index is 1020. The van der Waals surface area contributed by atoms with Crippen molar-refractivity contribution in [3.05, 3.63) is 17.7 Å². The van der Waals surface area contributed by atoms with Crippen molar-refractivity contribution in [1.29, 1.82) is 0 Å². The molecule has 1 aromatic carbocycles. The number of hydrogen-bond donors (Lipinski definition) is 2. The first-order valence-electron chi connectivity index (χ1n) is 11.7. The zero-order valence-corrected chi connectivity index (χ0v) is 21.6. The zero-order chi connectivity index (χ0) is 26.1. The molecule has 1 aliphatic heterocycles. The molecule has 1 heterocycles. The van der Waals surface area contributed by atoms with E-state index in [9.17, 15) is 19.2 Å². The maximum absolute atomic E-state index is 13.3. The lowest BCUT2D eigenvalue weighted by Gasteiger charge is -2.40. The summed E-state index contributed by atoms with van der Waals surface area (Å²) >= 11 is 0. The van der Waals surface area contributed by atoms with Gasteiger partial charge in [-0.3, -0.25) is 19.3 Å². The Kier molecular flexibility index (Phi) is 7.33. The molecule has 3 rings (SSSR count). The number of nitrogens with zero attached hydrogens (tertiary/aromatic N) is 2. The summed E-state index contributed by atoms with van der Waals surface area (Å²) in [5, 5.41) is 5.51. The molecule has 2 N–H and O–H groups in total. The predicted octanol–water partition coefficient (Wildman–Crippen LogP) is 2.87. The molecule has 2 fully saturated rings.